The zero-order chi connectivity index (χ0) is 16.1. The highest BCUT2D eigenvalue weighted by Gasteiger charge is 2.14. The minimum Gasteiger partial charge on any atom is -0.495 e. The van der Waals surface area contributed by atoms with E-state index in [4.69, 9.17) is 4.74 Å². The minimum absolute atomic E-state index is 0.0497. The number of ether oxygens (including phenoxy) is 1. The van der Waals surface area contributed by atoms with E-state index in [2.05, 4.69) is 5.32 Å². The average Bonchev–Trinajstić information content (AvgIpc) is 2.49. The van der Waals surface area contributed by atoms with Crippen molar-refractivity contribution in [2.75, 3.05) is 12.4 Å². The number of methoxy groups -OCH3 is 1. The molecule has 0 aliphatic carbocycles. The van der Waals surface area contributed by atoms with Crippen LogP contribution in [0.3, 0.4) is 0 Å². The number of benzene rings is 2. The van der Waals surface area contributed by atoms with Gasteiger partial charge in [0.25, 0.3) is 5.24 Å². The molecular weight excluding hydrogens is 298 g/mol. The molecule has 0 fully saturated rings. The number of thioether (sulfide) groups is 1. The van der Waals surface area contributed by atoms with Crippen LogP contribution in [-0.4, -0.2) is 18.1 Å². The second-order valence-corrected chi connectivity index (χ2v) is 5.80. The Morgan fingerprint density at radius 3 is 2.41 bits per heavy atom. The van der Waals surface area contributed by atoms with Crippen molar-refractivity contribution in [2.24, 2.45) is 0 Å². The number of rotatable bonds is 4. The Morgan fingerprint density at radius 1 is 1.14 bits per heavy atom. The van der Waals surface area contributed by atoms with Gasteiger partial charge in [0.2, 0.25) is 0 Å². The molecule has 1 N–H and O–H groups in total. The molecule has 2 aromatic rings. The molecule has 0 saturated heterocycles. The van der Waals surface area contributed by atoms with E-state index in [1.54, 1.807) is 12.1 Å². The highest BCUT2D eigenvalue weighted by atomic mass is 32.2. The maximum Gasteiger partial charge on any atom is 0.288 e. The molecule has 0 aliphatic heterocycles. The van der Waals surface area contributed by atoms with Crippen LogP contribution >= 0.6 is 11.8 Å². The summed E-state index contributed by atoms with van der Waals surface area (Å²) in [5, 5.41) is 2.55. The number of ketones is 1. The van der Waals surface area contributed by atoms with Gasteiger partial charge in [-0.3, -0.25) is 9.59 Å². The average molecular weight is 315 g/mol. The monoisotopic (exact) mass is 315 g/mol. The normalized spacial score (nSPS) is 10.1. The molecule has 114 valence electrons. The predicted octanol–water partition coefficient (Wildman–Crippen LogP) is 4.53. The van der Waals surface area contributed by atoms with Gasteiger partial charge in [-0.05, 0) is 55.4 Å². The fourth-order valence-corrected chi connectivity index (χ4v) is 2.73. The van der Waals surface area contributed by atoms with Crippen molar-refractivity contribution in [1.82, 2.24) is 0 Å². The number of carbonyl (C=O) groups excluding carboxylic acids is 2. The molecule has 22 heavy (non-hydrogen) atoms. The minimum atomic E-state index is -0.233. The molecular formula is C17H17NO3S. The van der Waals surface area contributed by atoms with Gasteiger partial charge in [-0.25, -0.2) is 0 Å². The zero-order valence-electron chi connectivity index (χ0n) is 12.7. The molecule has 0 aromatic heterocycles. The number of Topliss-reactive ketones (excluding diaryl/α,β-unsaturated/α-hetero) is 1. The number of hydrogen-bond acceptors (Lipinski definition) is 4. The van der Waals surface area contributed by atoms with Crippen molar-refractivity contribution < 1.29 is 14.3 Å². The molecule has 0 radical (unpaired) electrons. The van der Waals surface area contributed by atoms with E-state index in [9.17, 15) is 9.59 Å². The first-order valence-electron chi connectivity index (χ1n) is 6.74. The van der Waals surface area contributed by atoms with Gasteiger partial charge < -0.3 is 10.1 Å². The smallest absolute Gasteiger partial charge is 0.288 e. The van der Waals surface area contributed by atoms with Crippen LogP contribution < -0.4 is 10.1 Å². The molecule has 0 aliphatic rings. The van der Waals surface area contributed by atoms with E-state index >= 15 is 0 Å². The van der Waals surface area contributed by atoms with E-state index in [1.165, 1.54) is 14.0 Å². The first kappa shape index (κ1) is 16.1. The standard InChI is InChI=1S/C17H17NO3S/c1-11-9-16(21-3)15(10-14(11)12(2)19)18-17(20)22-13-7-5-4-6-8-13/h4-10H,1-3H3,(H,18,20). The van der Waals surface area contributed by atoms with Gasteiger partial charge in [0.05, 0.1) is 12.8 Å². The second-order valence-electron chi connectivity index (χ2n) is 4.75. The Hall–Kier alpha value is -2.27. The fourth-order valence-electron chi connectivity index (χ4n) is 2.06. The molecule has 0 heterocycles. The van der Waals surface area contributed by atoms with Crippen molar-refractivity contribution in [1.29, 1.82) is 0 Å². The Morgan fingerprint density at radius 2 is 1.82 bits per heavy atom. The molecule has 2 rings (SSSR count). The number of hydrogen-bond donors (Lipinski definition) is 1. The van der Waals surface area contributed by atoms with Crippen molar-refractivity contribution >= 4 is 28.5 Å². The van der Waals surface area contributed by atoms with Gasteiger partial charge in [-0.2, -0.15) is 0 Å². The van der Waals surface area contributed by atoms with Gasteiger partial charge in [0, 0.05) is 10.5 Å². The van der Waals surface area contributed by atoms with Crippen molar-refractivity contribution in [3.8, 4) is 5.75 Å². The summed E-state index contributed by atoms with van der Waals surface area (Å²) in [6.07, 6.45) is 0. The quantitative estimate of drug-likeness (QED) is 0.665. The maximum atomic E-state index is 12.1. The Balaban J connectivity index is 2.22. The van der Waals surface area contributed by atoms with E-state index in [0.29, 0.717) is 17.0 Å². The van der Waals surface area contributed by atoms with Crippen LogP contribution in [0, 0.1) is 6.92 Å². The largest absolute Gasteiger partial charge is 0.495 e. The van der Waals surface area contributed by atoms with Crippen LogP contribution in [0.1, 0.15) is 22.8 Å². The van der Waals surface area contributed by atoms with Crippen molar-refractivity contribution in [2.45, 2.75) is 18.7 Å². The van der Waals surface area contributed by atoms with Crippen LogP contribution in [0.15, 0.2) is 47.4 Å². The molecule has 0 atom stereocenters. The highest BCUT2D eigenvalue weighted by Crippen LogP contribution is 2.30. The summed E-state index contributed by atoms with van der Waals surface area (Å²) in [5.74, 6) is 0.482. The van der Waals surface area contributed by atoms with Crippen LogP contribution in [0.25, 0.3) is 0 Å². The summed E-state index contributed by atoms with van der Waals surface area (Å²) in [6.45, 7) is 3.34. The van der Waals surface area contributed by atoms with Gasteiger partial charge >= 0.3 is 0 Å². The van der Waals surface area contributed by atoms with Crippen LogP contribution in [-0.2, 0) is 0 Å². The van der Waals surface area contributed by atoms with Gasteiger partial charge in [0.15, 0.2) is 5.78 Å². The number of carbonyl (C=O) groups is 2. The van der Waals surface area contributed by atoms with E-state index in [1.807, 2.05) is 37.3 Å². The molecule has 0 saturated carbocycles. The lowest BCUT2D eigenvalue weighted by Gasteiger charge is -2.13. The third kappa shape index (κ3) is 3.89. The summed E-state index contributed by atoms with van der Waals surface area (Å²) in [7, 11) is 1.53. The van der Waals surface area contributed by atoms with E-state index in [-0.39, 0.29) is 11.0 Å². The van der Waals surface area contributed by atoms with Gasteiger partial charge in [-0.15, -0.1) is 0 Å². The molecule has 0 unspecified atom stereocenters. The number of amides is 1. The first-order valence-corrected chi connectivity index (χ1v) is 7.56. The molecule has 4 nitrogen and oxygen atoms in total. The predicted molar refractivity (Wildman–Crippen MR) is 89.1 cm³/mol. The Bertz CT molecular complexity index is 699. The Labute approximate surface area is 133 Å². The number of nitrogens with one attached hydrogen (secondary N) is 1. The topological polar surface area (TPSA) is 55.4 Å². The maximum absolute atomic E-state index is 12.1. The summed E-state index contributed by atoms with van der Waals surface area (Å²) < 4.78 is 5.28. The van der Waals surface area contributed by atoms with E-state index < -0.39 is 0 Å². The molecule has 5 heteroatoms. The molecule has 1 amide bonds. The third-order valence-corrected chi connectivity index (χ3v) is 3.91. The second kappa shape index (κ2) is 7.13. The lowest BCUT2D eigenvalue weighted by Crippen LogP contribution is -2.08. The van der Waals surface area contributed by atoms with Crippen LogP contribution in [0.5, 0.6) is 5.75 Å². The summed E-state index contributed by atoms with van der Waals surface area (Å²) in [6, 6.07) is 12.8. The number of anilines is 1. The van der Waals surface area contributed by atoms with Gasteiger partial charge in [-0.1, -0.05) is 18.2 Å². The summed E-state index contributed by atoms with van der Waals surface area (Å²) >= 11 is 1.09. The summed E-state index contributed by atoms with van der Waals surface area (Å²) in [4.78, 5) is 24.6. The van der Waals surface area contributed by atoms with Crippen molar-refractivity contribution in [3.63, 3.8) is 0 Å². The highest BCUT2D eigenvalue weighted by molar-refractivity contribution is 8.13. The van der Waals surface area contributed by atoms with E-state index in [0.717, 1.165) is 22.2 Å². The SMILES string of the molecule is COc1cc(C)c(C(C)=O)cc1NC(=O)Sc1ccccc1. The molecule has 2 aromatic carbocycles. The van der Waals surface area contributed by atoms with Gasteiger partial charge in [0.1, 0.15) is 5.75 Å². The fraction of sp³-hybridized carbons (Fsp3) is 0.176. The van der Waals surface area contributed by atoms with Crippen LogP contribution in [0.2, 0.25) is 0 Å². The Kier molecular flexibility index (Phi) is 5.22. The molecule has 0 bridgehead atoms. The van der Waals surface area contributed by atoms with Crippen LogP contribution in [0.4, 0.5) is 10.5 Å². The first-order chi connectivity index (χ1) is 10.5. The lowest BCUT2D eigenvalue weighted by atomic mass is 10.0. The van der Waals surface area contributed by atoms with Crippen molar-refractivity contribution in [3.05, 3.63) is 53.6 Å². The molecule has 0 spiro atoms. The lowest BCUT2D eigenvalue weighted by molar-refractivity contribution is 0.101. The number of aryl methyl sites for hydroxylation is 1. The third-order valence-electron chi connectivity index (χ3n) is 3.12. The summed E-state index contributed by atoms with van der Waals surface area (Å²) in [5.41, 5.74) is 1.88. The zero-order valence-corrected chi connectivity index (χ0v) is 13.5.